The van der Waals surface area contributed by atoms with Crippen LogP contribution in [0.4, 0.5) is 5.69 Å². The third kappa shape index (κ3) is 2.67. The first-order chi connectivity index (χ1) is 10.5. The summed E-state index contributed by atoms with van der Waals surface area (Å²) < 4.78 is 0. The minimum Gasteiger partial charge on any atom is -0.391 e. The Hall–Kier alpha value is -2.41. The maximum absolute atomic E-state index is 12.5. The van der Waals surface area contributed by atoms with Gasteiger partial charge in [-0.1, -0.05) is 0 Å². The van der Waals surface area contributed by atoms with E-state index >= 15 is 0 Å². The monoisotopic (exact) mass is 303 g/mol. The quantitative estimate of drug-likeness (QED) is 0.651. The first kappa shape index (κ1) is 14.5. The lowest BCUT2D eigenvalue weighted by Crippen LogP contribution is -2.35. The van der Waals surface area contributed by atoms with E-state index in [1.54, 1.807) is 19.3 Å². The number of fused-ring (bicyclic) bond motifs is 1. The molecule has 2 N–H and O–H groups in total. The third-order valence-electron chi connectivity index (χ3n) is 4.08. The maximum Gasteiger partial charge on any atom is 0.270 e. The molecular formula is C15H17N3O4. The molecule has 1 aromatic heterocycles. The fourth-order valence-electron chi connectivity index (χ4n) is 2.60. The van der Waals surface area contributed by atoms with Crippen LogP contribution < -0.4 is 0 Å². The molecule has 7 nitrogen and oxygen atoms in total. The number of nitro groups is 1. The number of rotatable bonds is 5. The van der Waals surface area contributed by atoms with E-state index in [2.05, 4.69) is 4.98 Å². The SMILES string of the molecule is CN(CC(O)C1CC1)C(=O)c1c[nH]c2ccc([N+](=O)[O-])cc12. The fourth-order valence-corrected chi connectivity index (χ4v) is 2.60. The van der Waals surface area contributed by atoms with E-state index in [9.17, 15) is 20.0 Å². The van der Waals surface area contributed by atoms with Crippen molar-refractivity contribution in [3.63, 3.8) is 0 Å². The number of aliphatic hydroxyl groups excluding tert-OH is 1. The maximum atomic E-state index is 12.5. The van der Waals surface area contributed by atoms with Gasteiger partial charge in [-0.25, -0.2) is 0 Å². The molecule has 1 heterocycles. The van der Waals surface area contributed by atoms with Gasteiger partial charge >= 0.3 is 0 Å². The van der Waals surface area contributed by atoms with Crippen LogP contribution in [-0.4, -0.2) is 45.5 Å². The highest BCUT2D eigenvalue weighted by Gasteiger charge is 2.31. The summed E-state index contributed by atoms with van der Waals surface area (Å²) in [4.78, 5) is 27.3. The lowest BCUT2D eigenvalue weighted by atomic mass is 10.1. The largest absolute Gasteiger partial charge is 0.391 e. The zero-order valence-corrected chi connectivity index (χ0v) is 12.2. The Morgan fingerprint density at radius 3 is 2.91 bits per heavy atom. The zero-order valence-electron chi connectivity index (χ0n) is 12.2. The molecule has 0 aliphatic heterocycles. The first-order valence-corrected chi connectivity index (χ1v) is 7.16. The van der Waals surface area contributed by atoms with Gasteiger partial charge in [-0.05, 0) is 24.8 Å². The Morgan fingerprint density at radius 2 is 2.27 bits per heavy atom. The van der Waals surface area contributed by atoms with Crippen LogP contribution in [0.15, 0.2) is 24.4 Å². The summed E-state index contributed by atoms with van der Waals surface area (Å²) in [7, 11) is 1.63. The number of nitrogens with zero attached hydrogens (tertiary/aromatic N) is 2. The molecule has 0 bridgehead atoms. The smallest absolute Gasteiger partial charge is 0.270 e. The van der Waals surface area contributed by atoms with E-state index in [4.69, 9.17) is 0 Å². The predicted octanol–water partition coefficient (Wildman–Crippen LogP) is 1.92. The fraction of sp³-hybridized carbons (Fsp3) is 0.400. The molecule has 1 aromatic carbocycles. The molecule has 2 aromatic rings. The normalized spacial score (nSPS) is 15.7. The number of likely N-dealkylation sites (N-methyl/N-ethyl adjacent to an activating group) is 1. The Morgan fingerprint density at radius 1 is 1.55 bits per heavy atom. The minimum atomic E-state index is -0.506. The average molecular weight is 303 g/mol. The van der Waals surface area contributed by atoms with E-state index in [1.165, 1.54) is 17.0 Å². The van der Waals surface area contributed by atoms with Crippen LogP contribution in [0.1, 0.15) is 23.2 Å². The second-order valence-corrected chi connectivity index (χ2v) is 5.78. The second kappa shape index (κ2) is 5.42. The van der Waals surface area contributed by atoms with E-state index < -0.39 is 11.0 Å². The number of aromatic amines is 1. The zero-order chi connectivity index (χ0) is 15.9. The van der Waals surface area contributed by atoms with E-state index in [1.807, 2.05) is 0 Å². The number of nitrogens with one attached hydrogen (secondary N) is 1. The van der Waals surface area contributed by atoms with Crippen LogP contribution in [0.25, 0.3) is 10.9 Å². The van der Waals surface area contributed by atoms with Gasteiger partial charge in [0.1, 0.15) is 0 Å². The van der Waals surface area contributed by atoms with Crippen molar-refractivity contribution in [1.29, 1.82) is 0 Å². The van der Waals surface area contributed by atoms with Crippen molar-refractivity contribution in [3.05, 3.63) is 40.1 Å². The number of benzene rings is 1. The summed E-state index contributed by atoms with van der Waals surface area (Å²) in [6.45, 7) is 0.269. The lowest BCUT2D eigenvalue weighted by molar-refractivity contribution is -0.384. The van der Waals surface area contributed by atoms with Crippen molar-refractivity contribution >= 4 is 22.5 Å². The van der Waals surface area contributed by atoms with Gasteiger partial charge in [0, 0.05) is 42.8 Å². The molecule has 1 unspecified atom stereocenters. The molecule has 1 atom stereocenters. The molecular weight excluding hydrogens is 286 g/mol. The van der Waals surface area contributed by atoms with E-state index in [0.29, 0.717) is 22.4 Å². The summed E-state index contributed by atoms with van der Waals surface area (Å²) in [5, 5.41) is 21.3. The van der Waals surface area contributed by atoms with Gasteiger partial charge in [-0.3, -0.25) is 14.9 Å². The van der Waals surface area contributed by atoms with Crippen LogP contribution in [0.2, 0.25) is 0 Å². The first-order valence-electron chi connectivity index (χ1n) is 7.16. The van der Waals surface area contributed by atoms with Crippen LogP contribution in [0, 0.1) is 16.0 Å². The number of hydrogen-bond donors (Lipinski definition) is 2. The number of H-pyrrole nitrogens is 1. The molecule has 22 heavy (non-hydrogen) atoms. The summed E-state index contributed by atoms with van der Waals surface area (Å²) in [5.41, 5.74) is 0.996. The topological polar surface area (TPSA) is 99.5 Å². The van der Waals surface area contributed by atoms with Gasteiger partial charge < -0.3 is 15.0 Å². The Kier molecular flexibility index (Phi) is 3.58. The van der Waals surface area contributed by atoms with Gasteiger partial charge in [0.05, 0.1) is 16.6 Å². The van der Waals surface area contributed by atoms with Crippen molar-refractivity contribution < 1.29 is 14.8 Å². The Bertz CT molecular complexity index is 735. The molecule has 0 spiro atoms. The molecule has 1 saturated carbocycles. The lowest BCUT2D eigenvalue weighted by Gasteiger charge is -2.20. The van der Waals surface area contributed by atoms with Gasteiger partial charge in [-0.15, -0.1) is 0 Å². The van der Waals surface area contributed by atoms with Gasteiger partial charge in [0.15, 0.2) is 0 Å². The molecule has 116 valence electrons. The highest BCUT2D eigenvalue weighted by atomic mass is 16.6. The number of aliphatic hydroxyl groups is 1. The van der Waals surface area contributed by atoms with Crippen LogP contribution in [-0.2, 0) is 0 Å². The predicted molar refractivity (Wildman–Crippen MR) is 80.6 cm³/mol. The van der Waals surface area contributed by atoms with E-state index in [-0.39, 0.29) is 18.1 Å². The number of nitro benzene ring substituents is 1. The molecule has 7 heteroatoms. The summed E-state index contributed by atoms with van der Waals surface area (Å²) in [5.74, 6) is 0.0331. The number of aromatic nitrogens is 1. The molecule has 1 amide bonds. The Balaban J connectivity index is 1.86. The van der Waals surface area contributed by atoms with Crippen LogP contribution >= 0.6 is 0 Å². The highest BCUT2D eigenvalue weighted by molar-refractivity contribution is 6.07. The molecule has 1 aliphatic carbocycles. The van der Waals surface area contributed by atoms with Crippen LogP contribution in [0.5, 0.6) is 0 Å². The number of hydrogen-bond acceptors (Lipinski definition) is 4. The molecule has 1 fully saturated rings. The number of carbonyl (C=O) groups excluding carboxylic acids is 1. The summed E-state index contributed by atoms with van der Waals surface area (Å²) in [6, 6.07) is 4.38. The van der Waals surface area contributed by atoms with E-state index in [0.717, 1.165) is 12.8 Å². The van der Waals surface area contributed by atoms with Crippen molar-refractivity contribution in [2.24, 2.45) is 5.92 Å². The second-order valence-electron chi connectivity index (χ2n) is 5.78. The van der Waals surface area contributed by atoms with Gasteiger partial charge in [0.2, 0.25) is 0 Å². The number of non-ortho nitro benzene ring substituents is 1. The van der Waals surface area contributed by atoms with Crippen molar-refractivity contribution in [1.82, 2.24) is 9.88 Å². The number of amides is 1. The van der Waals surface area contributed by atoms with Gasteiger partial charge in [0.25, 0.3) is 11.6 Å². The summed E-state index contributed by atoms with van der Waals surface area (Å²) in [6.07, 6.45) is 3.05. The minimum absolute atomic E-state index is 0.0539. The van der Waals surface area contributed by atoms with Crippen molar-refractivity contribution in [2.45, 2.75) is 18.9 Å². The third-order valence-corrected chi connectivity index (χ3v) is 4.08. The van der Waals surface area contributed by atoms with Gasteiger partial charge in [-0.2, -0.15) is 0 Å². The van der Waals surface area contributed by atoms with Crippen molar-refractivity contribution in [3.8, 4) is 0 Å². The molecule has 3 rings (SSSR count). The average Bonchev–Trinajstić information content (AvgIpc) is 3.26. The Labute approximate surface area is 126 Å². The molecule has 1 aliphatic rings. The summed E-state index contributed by atoms with van der Waals surface area (Å²) >= 11 is 0. The standard InChI is InChI=1S/C15H17N3O4/c1-17(8-14(19)9-2-3-9)15(20)12-7-16-13-5-4-10(18(21)22)6-11(12)13/h4-7,9,14,16,19H,2-3,8H2,1H3. The highest BCUT2D eigenvalue weighted by Crippen LogP contribution is 2.33. The number of carbonyl (C=O) groups is 1. The van der Waals surface area contributed by atoms with Crippen LogP contribution in [0.3, 0.4) is 0 Å². The van der Waals surface area contributed by atoms with Crippen molar-refractivity contribution in [2.75, 3.05) is 13.6 Å². The molecule has 0 radical (unpaired) electrons. The molecule has 0 saturated heterocycles.